The fourth-order valence-electron chi connectivity index (χ4n) is 3.71. The summed E-state index contributed by atoms with van der Waals surface area (Å²) in [7, 11) is -3.57. The molecule has 0 amide bonds. The van der Waals surface area contributed by atoms with Crippen LogP contribution in [0.2, 0.25) is 0 Å². The van der Waals surface area contributed by atoms with E-state index in [4.69, 9.17) is 4.42 Å². The molecule has 1 aromatic carbocycles. The molecule has 2 fully saturated rings. The Labute approximate surface area is 145 Å². The predicted molar refractivity (Wildman–Crippen MR) is 92.0 cm³/mol. The maximum atomic E-state index is 12.9. The van der Waals surface area contributed by atoms with Crippen LogP contribution in [0.15, 0.2) is 32.3 Å². The molecule has 1 aromatic heterocycles. The van der Waals surface area contributed by atoms with Gasteiger partial charge in [-0.25, -0.2) is 13.2 Å². The highest BCUT2D eigenvalue weighted by molar-refractivity contribution is 7.89. The lowest BCUT2D eigenvalue weighted by molar-refractivity contribution is 0.224. The van der Waals surface area contributed by atoms with Gasteiger partial charge in [-0.3, -0.25) is 4.98 Å². The largest absolute Gasteiger partial charge is 0.417 e. The van der Waals surface area contributed by atoms with Gasteiger partial charge in [0.2, 0.25) is 10.0 Å². The molecule has 2 aliphatic rings. The van der Waals surface area contributed by atoms with Crippen molar-refractivity contribution in [3.8, 4) is 0 Å². The van der Waals surface area contributed by atoms with Crippen molar-refractivity contribution in [2.24, 2.45) is 5.41 Å². The number of nitrogens with zero attached hydrogens (tertiary/aromatic N) is 1. The molecule has 7 nitrogen and oxygen atoms in total. The van der Waals surface area contributed by atoms with Crippen LogP contribution in [-0.2, 0) is 10.0 Å². The Morgan fingerprint density at radius 2 is 2.08 bits per heavy atom. The maximum absolute atomic E-state index is 12.9. The Morgan fingerprint density at radius 1 is 1.25 bits per heavy atom. The summed E-state index contributed by atoms with van der Waals surface area (Å²) in [4.78, 5) is 13.9. The van der Waals surface area contributed by atoms with Gasteiger partial charge in [-0.05, 0) is 43.4 Å². The number of fused-ring (bicyclic) bond motifs is 1. The molecule has 1 unspecified atom stereocenters. The van der Waals surface area contributed by atoms with E-state index < -0.39 is 15.8 Å². The fraction of sp³-hybridized carbons (Fsp3) is 0.533. The van der Waals surface area contributed by atoms with Gasteiger partial charge >= 0.3 is 5.76 Å². The van der Waals surface area contributed by atoms with Crippen molar-refractivity contribution in [3.63, 3.8) is 0 Å². The molecule has 2 N–H and O–H groups in total. The second-order valence-electron chi connectivity index (χ2n) is 6.54. The molecule has 132 valence electrons. The number of piperidine rings is 1. The predicted octanol–water partition coefficient (Wildman–Crippen LogP) is 1.31. The van der Waals surface area contributed by atoms with Crippen molar-refractivity contribution in [1.82, 2.24) is 14.6 Å². The Hall–Kier alpha value is -1.35. The van der Waals surface area contributed by atoms with Crippen LogP contribution in [0.4, 0.5) is 0 Å². The number of aromatic nitrogens is 1. The molecule has 4 rings (SSSR count). The number of sulfonamides is 1. The third kappa shape index (κ3) is 2.88. The first kappa shape index (κ1) is 17.5. The van der Waals surface area contributed by atoms with Gasteiger partial charge in [0.1, 0.15) is 0 Å². The van der Waals surface area contributed by atoms with Crippen LogP contribution in [0.1, 0.15) is 19.3 Å². The Balaban J connectivity index is 0.00000169. The summed E-state index contributed by atoms with van der Waals surface area (Å²) in [5.74, 6) is -0.581. The van der Waals surface area contributed by atoms with Crippen LogP contribution in [0, 0.1) is 5.41 Å². The zero-order chi connectivity index (χ0) is 16.1. The van der Waals surface area contributed by atoms with Crippen molar-refractivity contribution in [1.29, 1.82) is 0 Å². The van der Waals surface area contributed by atoms with E-state index in [9.17, 15) is 13.2 Å². The number of aromatic amines is 1. The third-order valence-electron chi connectivity index (χ3n) is 4.99. The molecule has 1 atom stereocenters. The second-order valence-corrected chi connectivity index (χ2v) is 8.48. The van der Waals surface area contributed by atoms with Gasteiger partial charge in [-0.2, -0.15) is 4.31 Å². The molecule has 3 heterocycles. The standard InChI is InChI=1S/C15H19N3O4S.ClH/c19-14-17-12-3-2-11(8-13(12)22-14)23(20,21)18-7-5-15(10-18)4-1-6-16-9-15;/h2-3,8,16H,1,4-7,9-10H2,(H,17,19);1H. The van der Waals surface area contributed by atoms with Crippen molar-refractivity contribution >= 4 is 33.5 Å². The highest BCUT2D eigenvalue weighted by Gasteiger charge is 2.43. The SMILES string of the molecule is Cl.O=c1[nH]c2ccc(S(=O)(=O)N3CCC4(CCCNC4)C3)cc2o1. The van der Waals surface area contributed by atoms with Crippen molar-refractivity contribution in [2.75, 3.05) is 26.2 Å². The van der Waals surface area contributed by atoms with Crippen LogP contribution >= 0.6 is 12.4 Å². The third-order valence-corrected chi connectivity index (χ3v) is 6.84. The minimum absolute atomic E-state index is 0. The average molecular weight is 374 g/mol. The summed E-state index contributed by atoms with van der Waals surface area (Å²) >= 11 is 0. The number of hydrogen-bond donors (Lipinski definition) is 2. The lowest BCUT2D eigenvalue weighted by Gasteiger charge is -2.33. The normalized spacial score (nSPS) is 25.2. The molecule has 24 heavy (non-hydrogen) atoms. The summed E-state index contributed by atoms with van der Waals surface area (Å²) in [5, 5.41) is 3.38. The number of oxazole rings is 1. The van der Waals surface area contributed by atoms with Crippen molar-refractivity contribution < 1.29 is 12.8 Å². The smallest absolute Gasteiger partial charge is 0.408 e. The quantitative estimate of drug-likeness (QED) is 0.827. The number of benzene rings is 1. The monoisotopic (exact) mass is 373 g/mol. The summed E-state index contributed by atoms with van der Waals surface area (Å²) in [5.41, 5.74) is 0.837. The van der Waals surface area contributed by atoms with E-state index in [2.05, 4.69) is 10.3 Å². The van der Waals surface area contributed by atoms with E-state index in [1.54, 1.807) is 10.4 Å². The van der Waals surface area contributed by atoms with Gasteiger partial charge in [0, 0.05) is 25.7 Å². The van der Waals surface area contributed by atoms with E-state index in [1.165, 1.54) is 12.1 Å². The number of rotatable bonds is 2. The summed E-state index contributed by atoms with van der Waals surface area (Å²) < 4.78 is 32.3. The minimum Gasteiger partial charge on any atom is -0.408 e. The molecule has 0 radical (unpaired) electrons. The van der Waals surface area contributed by atoms with Gasteiger partial charge < -0.3 is 9.73 Å². The van der Waals surface area contributed by atoms with Gasteiger partial charge in [0.25, 0.3) is 0 Å². The number of nitrogens with one attached hydrogen (secondary N) is 2. The highest BCUT2D eigenvalue weighted by Crippen LogP contribution is 2.38. The Bertz CT molecular complexity index is 899. The first-order chi connectivity index (χ1) is 11.0. The number of hydrogen-bond acceptors (Lipinski definition) is 5. The Kier molecular flexibility index (Phi) is 4.50. The fourth-order valence-corrected chi connectivity index (χ4v) is 5.28. The van der Waals surface area contributed by atoms with Gasteiger partial charge in [0.15, 0.2) is 5.58 Å². The van der Waals surface area contributed by atoms with Gasteiger partial charge in [0.05, 0.1) is 10.4 Å². The maximum Gasteiger partial charge on any atom is 0.417 e. The van der Waals surface area contributed by atoms with Crippen LogP contribution in [-0.4, -0.2) is 43.9 Å². The summed E-state index contributed by atoms with van der Waals surface area (Å²) in [6, 6.07) is 4.51. The lowest BCUT2D eigenvalue weighted by atomic mass is 9.80. The summed E-state index contributed by atoms with van der Waals surface area (Å²) in [6.45, 7) is 2.99. The van der Waals surface area contributed by atoms with Crippen molar-refractivity contribution in [2.45, 2.75) is 24.2 Å². The van der Waals surface area contributed by atoms with Crippen LogP contribution < -0.4 is 11.1 Å². The minimum atomic E-state index is -3.57. The summed E-state index contributed by atoms with van der Waals surface area (Å²) in [6.07, 6.45) is 3.05. The molecular formula is C15H20ClN3O4S. The zero-order valence-electron chi connectivity index (χ0n) is 13.1. The molecule has 2 saturated heterocycles. The second kappa shape index (κ2) is 6.18. The molecule has 0 saturated carbocycles. The molecule has 9 heteroatoms. The number of H-pyrrole nitrogens is 1. The van der Waals surface area contributed by atoms with Crippen molar-refractivity contribution in [3.05, 3.63) is 28.7 Å². The van der Waals surface area contributed by atoms with Gasteiger partial charge in [-0.15, -0.1) is 12.4 Å². The molecule has 0 bridgehead atoms. The lowest BCUT2D eigenvalue weighted by Crippen LogP contribution is -2.42. The molecule has 1 spiro atoms. The van der Waals surface area contributed by atoms with Crippen LogP contribution in [0.5, 0.6) is 0 Å². The molecular weight excluding hydrogens is 354 g/mol. The van der Waals surface area contributed by atoms with Crippen LogP contribution in [0.25, 0.3) is 11.1 Å². The van der Waals surface area contributed by atoms with E-state index >= 15 is 0 Å². The van der Waals surface area contributed by atoms with E-state index in [1.807, 2.05) is 0 Å². The average Bonchev–Trinajstić information content (AvgIpc) is 3.10. The van der Waals surface area contributed by atoms with E-state index in [0.717, 1.165) is 32.4 Å². The van der Waals surface area contributed by atoms with Crippen LogP contribution in [0.3, 0.4) is 0 Å². The first-order valence-electron chi connectivity index (χ1n) is 7.82. The topological polar surface area (TPSA) is 95.4 Å². The van der Waals surface area contributed by atoms with Gasteiger partial charge in [-0.1, -0.05) is 0 Å². The molecule has 2 aromatic rings. The Morgan fingerprint density at radius 3 is 2.83 bits per heavy atom. The molecule has 2 aliphatic heterocycles. The first-order valence-corrected chi connectivity index (χ1v) is 9.26. The van der Waals surface area contributed by atoms with E-state index in [0.29, 0.717) is 18.6 Å². The molecule has 0 aliphatic carbocycles. The highest BCUT2D eigenvalue weighted by atomic mass is 35.5. The zero-order valence-corrected chi connectivity index (χ0v) is 14.7. The number of halogens is 1. The van der Waals surface area contributed by atoms with E-state index in [-0.39, 0.29) is 28.3 Å².